The van der Waals surface area contributed by atoms with Gasteiger partial charge in [0.15, 0.2) is 0 Å². The molecule has 0 bridgehead atoms. The van der Waals surface area contributed by atoms with E-state index in [1.54, 1.807) is 20.0 Å². The molecular formula is C12H13FN4O. The summed E-state index contributed by atoms with van der Waals surface area (Å²) in [4.78, 5) is 11.9. The van der Waals surface area contributed by atoms with Crippen molar-refractivity contribution in [2.24, 2.45) is 7.05 Å². The van der Waals surface area contributed by atoms with Gasteiger partial charge in [-0.2, -0.15) is 5.10 Å². The van der Waals surface area contributed by atoms with E-state index in [9.17, 15) is 9.18 Å². The molecule has 0 spiro atoms. The maximum atomic E-state index is 13.0. The molecule has 94 valence electrons. The molecule has 1 aromatic heterocycles. The monoisotopic (exact) mass is 248 g/mol. The number of carbonyl (C=O) groups is 1. The molecule has 0 saturated carbocycles. The smallest absolute Gasteiger partial charge is 0.273 e. The standard InChI is InChI=1S/C12H13FN4O/c1-7-5-11(17(2)16-7)12(18)15-8-3-4-9(13)10(14)6-8/h3-6H,14H2,1-2H3,(H,15,18). The molecule has 1 aromatic carbocycles. The van der Waals surface area contributed by atoms with Crippen LogP contribution in [0.2, 0.25) is 0 Å². The largest absolute Gasteiger partial charge is 0.396 e. The SMILES string of the molecule is Cc1cc(C(=O)Nc2ccc(F)c(N)c2)n(C)n1. The number of nitrogens with zero attached hydrogens (tertiary/aromatic N) is 2. The summed E-state index contributed by atoms with van der Waals surface area (Å²) in [6.07, 6.45) is 0. The molecule has 2 rings (SSSR count). The molecule has 0 aliphatic heterocycles. The number of benzene rings is 1. The first-order valence-corrected chi connectivity index (χ1v) is 5.34. The fourth-order valence-electron chi connectivity index (χ4n) is 1.64. The zero-order valence-electron chi connectivity index (χ0n) is 10.1. The Hall–Kier alpha value is -2.37. The third kappa shape index (κ3) is 2.32. The van der Waals surface area contributed by atoms with Gasteiger partial charge in [0.2, 0.25) is 0 Å². The van der Waals surface area contributed by atoms with Crippen LogP contribution < -0.4 is 11.1 Å². The van der Waals surface area contributed by atoms with Crippen LogP contribution in [0.1, 0.15) is 16.2 Å². The summed E-state index contributed by atoms with van der Waals surface area (Å²) < 4.78 is 14.5. The summed E-state index contributed by atoms with van der Waals surface area (Å²) in [5, 5.41) is 6.71. The Morgan fingerprint density at radius 3 is 2.72 bits per heavy atom. The van der Waals surface area contributed by atoms with Gasteiger partial charge in [0.1, 0.15) is 11.5 Å². The number of amides is 1. The average Bonchev–Trinajstić information content (AvgIpc) is 2.63. The molecule has 0 fully saturated rings. The van der Waals surface area contributed by atoms with E-state index in [2.05, 4.69) is 10.4 Å². The number of rotatable bonds is 2. The molecule has 0 aliphatic rings. The minimum Gasteiger partial charge on any atom is -0.396 e. The van der Waals surface area contributed by atoms with Crippen molar-refractivity contribution in [2.75, 3.05) is 11.1 Å². The number of anilines is 2. The highest BCUT2D eigenvalue weighted by Gasteiger charge is 2.12. The van der Waals surface area contributed by atoms with Crippen LogP contribution in [0.5, 0.6) is 0 Å². The molecule has 0 unspecified atom stereocenters. The van der Waals surface area contributed by atoms with Crippen LogP contribution in [0.15, 0.2) is 24.3 Å². The van der Waals surface area contributed by atoms with Gasteiger partial charge in [-0.3, -0.25) is 9.48 Å². The lowest BCUT2D eigenvalue weighted by Gasteiger charge is -2.06. The van der Waals surface area contributed by atoms with E-state index in [-0.39, 0.29) is 11.6 Å². The van der Waals surface area contributed by atoms with E-state index in [4.69, 9.17) is 5.73 Å². The minimum absolute atomic E-state index is 0.00557. The summed E-state index contributed by atoms with van der Waals surface area (Å²) in [5.41, 5.74) is 7.04. The third-order valence-corrected chi connectivity index (χ3v) is 2.49. The number of aromatic nitrogens is 2. The number of nitrogen functional groups attached to an aromatic ring is 1. The molecule has 2 aromatic rings. The van der Waals surface area contributed by atoms with E-state index in [1.165, 1.54) is 22.9 Å². The normalized spacial score (nSPS) is 10.4. The predicted octanol–water partition coefficient (Wildman–Crippen LogP) is 1.70. The first-order valence-electron chi connectivity index (χ1n) is 5.34. The van der Waals surface area contributed by atoms with Gasteiger partial charge in [-0.05, 0) is 31.2 Å². The Labute approximate surface area is 103 Å². The number of nitrogens with two attached hydrogens (primary N) is 1. The van der Waals surface area contributed by atoms with Crippen molar-refractivity contribution < 1.29 is 9.18 Å². The second kappa shape index (κ2) is 4.48. The van der Waals surface area contributed by atoms with Crippen LogP contribution in [-0.2, 0) is 7.05 Å². The maximum Gasteiger partial charge on any atom is 0.273 e. The molecule has 6 heteroatoms. The molecule has 1 amide bonds. The second-order valence-electron chi connectivity index (χ2n) is 3.98. The van der Waals surface area contributed by atoms with Gasteiger partial charge >= 0.3 is 0 Å². The Bertz CT molecular complexity index is 606. The number of hydrogen-bond acceptors (Lipinski definition) is 3. The quantitative estimate of drug-likeness (QED) is 0.794. The first-order chi connectivity index (χ1) is 8.47. The lowest BCUT2D eigenvalue weighted by molar-refractivity contribution is 0.101. The lowest BCUT2D eigenvalue weighted by atomic mass is 10.2. The van der Waals surface area contributed by atoms with E-state index in [0.717, 1.165) is 5.69 Å². The highest BCUT2D eigenvalue weighted by molar-refractivity contribution is 6.03. The van der Waals surface area contributed by atoms with Crippen molar-refractivity contribution in [2.45, 2.75) is 6.92 Å². The topological polar surface area (TPSA) is 72.9 Å². The number of hydrogen-bond donors (Lipinski definition) is 2. The molecule has 0 saturated heterocycles. The summed E-state index contributed by atoms with van der Waals surface area (Å²) in [6, 6.07) is 5.70. The highest BCUT2D eigenvalue weighted by atomic mass is 19.1. The van der Waals surface area contributed by atoms with Crippen LogP contribution in [-0.4, -0.2) is 15.7 Å². The van der Waals surface area contributed by atoms with E-state index in [1.807, 2.05) is 0 Å². The number of aryl methyl sites for hydroxylation is 2. The molecule has 0 atom stereocenters. The van der Waals surface area contributed by atoms with Crippen LogP contribution in [0.4, 0.5) is 15.8 Å². The number of halogens is 1. The Kier molecular flexibility index (Phi) is 3.01. The maximum absolute atomic E-state index is 13.0. The Morgan fingerprint density at radius 1 is 1.44 bits per heavy atom. The van der Waals surface area contributed by atoms with E-state index in [0.29, 0.717) is 11.4 Å². The van der Waals surface area contributed by atoms with Crippen molar-refractivity contribution in [1.82, 2.24) is 9.78 Å². The van der Waals surface area contributed by atoms with Gasteiger partial charge in [-0.15, -0.1) is 0 Å². The molecule has 18 heavy (non-hydrogen) atoms. The van der Waals surface area contributed by atoms with Crippen molar-refractivity contribution in [3.05, 3.63) is 41.5 Å². The van der Waals surface area contributed by atoms with Gasteiger partial charge in [0.05, 0.1) is 11.4 Å². The van der Waals surface area contributed by atoms with Crippen LogP contribution in [0.25, 0.3) is 0 Å². The van der Waals surface area contributed by atoms with Crippen LogP contribution >= 0.6 is 0 Å². The third-order valence-electron chi connectivity index (χ3n) is 2.49. The Morgan fingerprint density at radius 2 is 2.17 bits per heavy atom. The zero-order valence-corrected chi connectivity index (χ0v) is 10.1. The van der Waals surface area contributed by atoms with Gasteiger partial charge in [-0.1, -0.05) is 0 Å². The average molecular weight is 248 g/mol. The van der Waals surface area contributed by atoms with Gasteiger partial charge in [0.25, 0.3) is 5.91 Å². The van der Waals surface area contributed by atoms with Crippen LogP contribution in [0.3, 0.4) is 0 Å². The van der Waals surface area contributed by atoms with Crippen molar-refractivity contribution in [3.8, 4) is 0 Å². The fraction of sp³-hybridized carbons (Fsp3) is 0.167. The molecule has 3 N–H and O–H groups in total. The first kappa shape index (κ1) is 12.1. The van der Waals surface area contributed by atoms with Gasteiger partial charge in [-0.25, -0.2) is 4.39 Å². The van der Waals surface area contributed by atoms with E-state index >= 15 is 0 Å². The minimum atomic E-state index is -0.510. The van der Waals surface area contributed by atoms with Crippen molar-refractivity contribution in [1.29, 1.82) is 0 Å². The van der Waals surface area contributed by atoms with Gasteiger partial charge in [0, 0.05) is 12.7 Å². The van der Waals surface area contributed by atoms with Crippen LogP contribution in [0, 0.1) is 12.7 Å². The molecule has 1 heterocycles. The Balaban J connectivity index is 2.21. The molecule has 5 nitrogen and oxygen atoms in total. The predicted molar refractivity (Wildman–Crippen MR) is 66.7 cm³/mol. The lowest BCUT2D eigenvalue weighted by Crippen LogP contribution is -2.16. The zero-order chi connectivity index (χ0) is 13.3. The molecule has 0 aliphatic carbocycles. The summed E-state index contributed by atoms with van der Waals surface area (Å²) >= 11 is 0. The van der Waals surface area contributed by atoms with E-state index < -0.39 is 5.82 Å². The van der Waals surface area contributed by atoms with Gasteiger partial charge < -0.3 is 11.1 Å². The molecular weight excluding hydrogens is 235 g/mol. The summed E-state index contributed by atoms with van der Waals surface area (Å²) in [5.74, 6) is -0.825. The van der Waals surface area contributed by atoms with Crippen molar-refractivity contribution >= 4 is 17.3 Å². The number of carbonyl (C=O) groups excluding carboxylic acids is 1. The molecule has 0 radical (unpaired) electrons. The van der Waals surface area contributed by atoms with Crippen molar-refractivity contribution in [3.63, 3.8) is 0 Å². The number of nitrogens with one attached hydrogen (secondary N) is 1. The second-order valence-corrected chi connectivity index (χ2v) is 3.98. The summed E-state index contributed by atoms with van der Waals surface area (Å²) in [6.45, 7) is 1.80. The fourth-order valence-corrected chi connectivity index (χ4v) is 1.64. The highest BCUT2D eigenvalue weighted by Crippen LogP contribution is 2.17. The summed E-state index contributed by atoms with van der Waals surface area (Å²) in [7, 11) is 1.68.